The molecule has 0 radical (unpaired) electrons. The number of amides is 1. The van der Waals surface area contributed by atoms with E-state index in [0.29, 0.717) is 33.6 Å². The molecule has 0 atom stereocenters. The first-order valence-corrected chi connectivity index (χ1v) is 9.29. The Labute approximate surface area is 171 Å². The van der Waals surface area contributed by atoms with Crippen molar-refractivity contribution in [1.82, 2.24) is 5.32 Å². The maximum Gasteiger partial charge on any atom is 0.336 e. The van der Waals surface area contributed by atoms with Gasteiger partial charge in [0.2, 0.25) is 6.79 Å². The quantitative estimate of drug-likeness (QED) is 0.510. The van der Waals surface area contributed by atoms with E-state index in [1.54, 1.807) is 18.2 Å². The van der Waals surface area contributed by atoms with Gasteiger partial charge in [-0.1, -0.05) is 12.1 Å². The molecule has 0 unspecified atom stereocenters. The highest BCUT2D eigenvalue weighted by Gasteiger charge is 2.17. The third-order valence-corrected chi connectivity index (χ3v) is 4.93. The minimum Gasteiger partial charge on any atom is -0.459 e. The number of fused-ring (bicyclic) bond motifs is 2. The molecule has 0 bridgehead atoms. The van der Waals surface area contributed by atoms with E-state index in [0.717, 1.165) is 11.1 Å². The molecule has 3 aromatic rings. The molecule has 4 rings (SSSR count). The van der Waals surface area contributed by atoms with Crippen LogP contribution in [0.5, 0.6) is 11.5 Å². The van der Waals surface area contributed by atoms with Crippen molar-refractivity contribution in [2.75, 3.05) is 13.3 Å². The summed E-state index contributed by atoms with van der Waals surface area (Å²) >= 11 is 0. The van der Waals surface area contributed by atoms with Gasteiger partial charge in [0.05, 0.1) is 0 Å². The number of carbonyl (C=O) groups is 2. The minimum atomic E-state index is -0.630. The zero-order valence-electron chi connectivity index (χ0n) is 16.4. The van der Waals surface area contributed by atoms with Crippen LogP contribution in [0.25, 0.3) is 11.0 Å². The van der Waals surface area contributed by atoms with Crippen molar-refractivity contribution < 1.29 is 28.2 Å². The second kappa shape index (κ2) is 7.90. The zero-order chi connectivity index (χ0) is 21.3. The Balaban J connectivity index is 1.39. The van der Waals surface area contributed by atoms with E-state index in [4.69, 9.17) is 18.6 Å². The van der Waals surface area contributed by atoms with Gasteiger partial charge in [-0.2, -0.15) is 0 Å². The number of aryl methyl sites for hydroxylation is 2. The van der Waals surface area contributed by atoms with Crippen LogP contribution in [0.15, 0.2) is 45.6 Å². The van der Waals surface area contributed by atoms with Crippen molar-refractivity contribution in [1.29, 1.82) is 0 Å². The first-order chi connectivity index (χ1) is 14.4. The largest absolute Gasteiger partial charge is 0.459 e. The maximum atomic E-state index is 12.2. The lowest BCUT2D eigenvalue weighted by Crippen LogP contribution is -2.30. The molecule has 1 aliphatic rings. The Morgan fingerprint density at radius 2 is 1.87 bits per heavy atom. The van der Waals surface area contributed by atoms with E-state index in [1.165, 1.54) is 6.07 Å². The molecule has 8 heteroatoms. The molecule has 1 aromatic heterocycles. The van der Waals surface area contributed by atoms with Gasteiger partial charge in [0.15, 0.2) is 11.5 Å². The second-order valence-electron chi connectivity index (χ2n) is 6.89. The van der Waals surface area contributed by atoms with E-state index < -0.39 is 17.5 Å². The molecule has 0 saturated carbocycles. The number of carbonyl (C=O) groups excluding carboxylic acids is 2. The summed E-state index contributed by atoms with van der Waals surface area (Å²) in [4.78, 5) is 36.2. The summed E-state index contributed by atoms with van der Waals surface area (Å²) in [6, 6.07) is 9.79. The second-order valence-corrected chi connectivity index (χ2v) is 6.89. The van der Waals surface area contributed by atoms with Crippen LogP contribution in [-0.4, -0.2) is 25.2 Å². The van der Waals surface area contributed by atoms with Crippen molar-refractivity contribution in [2.24, 2.45) is 0 Å². The SMILES string of the molecule is Cc1ccc2c(COC(=O)CNC(=O)c3ccc4c(c3)OCO4)cc(=O)oc2c1C. The van der Waals surface area contributed by atoms with Gasteiger partial charge in [-0.25, -0.2) is 4.79 Å². The molecule has 0 saturated heterocycles. The van der Waals surface area contributed by atoms with Crippen LogP contribution in [0.2, 0.25) is 0 Å². The van der Waals surface area contributed by atoms with Gasteiger partial charge >= 0.3 is 11.6 Å². The van der Waals surface area contributed by atoms with Crippen LogP contribution in [0.3, 0.4) is 0 Å². The highest BCUT2D eigenvalue weighted by atomic mass is 16.7. The first kappa shape index (κ1) is 19.5. The number of benzene rings is 2. The molecule has 30 heavy (non-hydrogen) atoms. The Bertz CT molecular complexity index is 1210. The predicted molar refractivity (Wildman–Crippen MR) is 107 cm³/mol. The van der Waals surface area contributed by atoms with Gasteiger partial charge in [0, 0.05) is 22.6 Å². The lowest BCUT2D eigenvalue weighted by atomic mass is 10.0. The van der Waals surface area contributed by atoms with E-state index >= 15 is 0 Å². The highest BCUT2D eigenvalue weighted by Crippen LogP contribution is 2.32. The van der Waals surface area contributed by atoms with Crippen molar-refractivity contribution in [3.05, 3.63) is 69.1 Å². The van der Waals surface area contributed by atoms with Crippen molar-refractivity contribution in [3.8, 4) is 11.5 Å². The Morgan fingerprint density at radius 1 is 1.07 bits per heavy atom. The number of nitrogens with one attached hydrogen (secondary N) is 1. The molecule has 0 fully saturated rings. The predicted octanol–water partition coefficient (Wildman–Crippen LogP) is 2.61. The van der Waals surface area contributed by atoms with Crippen LogP contribution >= 0.6 is 0 Å². The number of rotatable bonds is 5. The average molecular weight is 409 g/mol. The third-order valence-electron chi connectivity index (χ3n) is 4.93. The van der Waals surface area contributed by atoms with Crippen LogP contribution in [-0.2, 0) is 16.1 Å². The number of ether oxygens (including phenoxy) is 3. The average Bonchev–Trinajstić information content (AvgIpc) is 3.21. The third kappa shape index (κ3) is 3.84. The van der Waals surface area contributed by atoms with E-state index in [1.807, 2.05) is 26.0 Å². The van der Waals surface area contributed by atoms with E-state index in [2.05, 4.69) is 5.32 Å². The molecular formula is C22H19NO7. The molecule has 1 N–H and O–H groups in total. The molecule has 0 aliphatic carbocycles. The maximum absolute atomic E-state index is 12.2. The summed E-state index contributed by atoms with van der Waals surface area (Å²) in [6.07, 6.45) is 0. The van der Waals surface area contributed by atoms with Gasteiger partial charge < -0.3 is 23.9 Å². The lowest BCUT2D eigenvalue weighted by Gasteiger charge is -2.10. The topological polar surface area (TPSA) is 104 Å². The van der Waals surface area contributed by atoms with Gasteiger partial charge in [-0.3, -0.25) is 9.59 Å². The number of hydrogen-bond acceptors (Lipinski definition) is 7. The fourth-order valence-corrected chi connectivity index (χ4v) is 3.15. The van der Waals surface area contributed by atoms with Crippen molar-refractivity contribution in [2.45, 2.75) is 20.5 Å². The summed E-state index contributed by atoms with van der Waals surface area (Å²) < 4.78 is 21.0. The van der Waals surface area contributed by atoms with Crippen LogP contribution in [0, 0.1) is 13.8 Å². The summed E-state index contributed by atoms with van der Waals surface area (Å²) in [5.41, 5.74) is 2.69. The number of esters is 1. The molecular weight excluding hydrogens is 390 g/mol. The highest BCUT2D eigenvalue weighted by molar-refractivity contribution is 5.96. The van der Waals surface area contributed by atoms with E-state index in [-0.39, 0.29) is 19.9 Å². The smallest absolute Gasteiger partial charge is 0.336 e. The normalized spacial score (nSPS) is 12.1. The lowest BCUT2D eigenvalue weighted by molar-refractivity contribution is -0.143. The molecule has 0 spiro atoms. The number of hydrogen-bond donors (Lipinski definition) is 1. The molecule has 8 nitrogen and oxygen atoms in total. The summed E-state index contributed by atoms with van der Waals surface area (Å²) in [7, 11) is 0. The monoisotopic (exact) mass is 409 g/mol. The minimum absolute atomic E-state index is 0.108. The summed E-state index contributed by atoms with van der Waals surface area (Å²) in [5.74, 6) is -0.0297. The van der Waals surface area contributed by atoms with Crippen molar-refractivity contribution in [3.63, 3.8) is 0 Å². The molecule has 2 aromatic carbocycles. The molecule has 1 aliphatic heterocycles. The van der Waals surface area contributed by atoms with Gasteiger partial charge in [0.25, 0.3) is 5.91 Å². The van der Waals surface area contributed by atoms with Gasteiger partial charge in [0.1, 0.15) is 18.7 Å². The van der Waals surface area contributed by atoms with Crippen LogP contribution < -0.4 is 20.4 Å². The Morgan fingerprint density at radius 3 is 2.70 bits per heavy atom. The fourth-order valence-electron chi connectivity index (χ4n) is 3.15. The standard InChI is InChI=1S/C22H19NO7/c1-12-3-5-16-15(8-19(24)30-21(16)13(12)2)10-27-20(25)9-23-22(26)14-4-6-17-18(7-14)29-11-28-17/h3-8H,9-11H2,1-2H3,(H,23,26). The van der Waals surface area contributed by atoms with Crippen molar-refractivity contribution >= 4 is 22.8 Å². The molecule has 1 amide bonds. The van der Waals surface area contributed by atoms with Crippen LogP contribution in [0.1, 0.15) is 27.0 Å². The van der Waals surface area contributed by atoms with E-state index in [9.17, 15) is 14.4 Å². The molecule has 154 valence electrons. The molecule has 2 heterocycles. The van der Waals surface area contributed by atoms with Crippen LogP contribution in [0.4, 0.5) is 0 Å². The zero-order valence-corrected chi connectivity index (χ0v) is 16.4. The summed E-state index contributed by atoms with van der Waals surface area (Å²) in [6.45, 7) is 3.47. The first-order valence-electron chi connectivity index (χ1n) is 9.29. The Hall–Kier alpha value is -3.81. The van der Waals surface area contributed by atoms with Gasteiger partial charge in [-0.05, 0) is 43.2 Å². The fraction of sp³-hybridized carbons (Fsp3) is 0.227. The Kier molecular flexibility index (Phi) is 5.14. The van der Waals surface area contributed by atoms with Gasteiger partial charge in [-0.15, -0.1) is 0 Å². The summed E-state index contributed by atoms with van der Waals surface area (Å²) in [5, 5.41) is 3.20.